The number of guanidine groups is 1. The minimum atomic E-state index is -0.573. The maximum atomic E-state index is 10.6. The number of fused-ring (bicyclic) bond motifs is 1. The van der Waals surface area contributed by atoms with Crippen LogP contribution in [-0.4, -0.2) is 37.8 Å². The number of rotatable bonds is 6. The van der Waals surface area contributed by atoms with E-state index in [-0.39, 0.29) is 30.1 Å². The number of aliphatic hydroxyl groups is 1. The molecule has 0 aliphatic carbocycles. The molecule has 4 rings (SSSR count). The number of benzene rings is 2. The van der Waals surface area contributed by atoms with Crippen LogP contribution in [0.5, 0.6) is 0 Å². The quantitative estimate of drug-likeness (QED) is 0.232. The molecule has 5 nitrogen and oxygen atoms in total. The molecule has 3 aromatic rings. The van der Waals surface area contributed by atoms with Gasteiger partial charge in [-0.05, 0) is 35.9 Å². The highest BCUT2D eigenvalue weighted by molar-refractivity contribution is 14.0. The molecular weight excluding hydrogens is 521 g/mol. The maximum absolute atomic E-state index is 10.6. The van der Waals surface area contributed by atoms with Crippen molar-refractivity contribution in [3.05, 3.63) is 71.1 Å². The van der Waals surface area contributed by atoms with Gasteiger partial charge in [0.05, 0.1) is 6.10 Å². The molecular formula is C24H30IN3O2S. The molecule has 7 heteroatoms. The van der Waals surface area contributed by atoms with E-state index in [1.807, 2.05) is 18.2 Å². The molecule has 1 aromatic heterocycles. The minimum Gasteiger partial charge on any atom is -0.386 e. The minimum absolute atomic E-state index is 0. The topological polar surface area (TPSA) is 65.9 Å². The van der Waals surface area contributed by atoms with Gasteiger partial charge in [0, 0.05) is 42.2 Å². The van der Waals surface area contributed by atoms with Gasteiger partial charge in [0.1, 0.15) is 6.10 Å². The van der Waals surface area contributed by atoms with Gasteiger partial charge < -0.3 is 20.5 Å². The number of aliphatic imine (C=N–C) groups is 1. The lowest BCUT2D eigenvalue weighted by Gasteiger charge is -2.32. The number of nitrogens with one attached hydrogen (secondary N) is 2. The zero-order valence-corrected chi connectivity index (χ0v) is 20.8. The first-order chi connectivity index (χ1) is 14.7. The van der Waals surface area contributed by atoms with E-state index in [2.05, 4.69) is 58.1 Å². The summed E-state index contributed by atoms with van der Waals surface area (Å²) in [6, 6.07) is 20.7. The smallest absolute Gasteiger partial charge is 0.191 e. The molecule has 3 unspecified atom stereocenters. The zero-order valence-electron chi connectivity index (χ0n) is 17.7. The molecule has 1 aliphatic heterocycles. The molecule has 0 bridgehead atoms. The van der Waals surface area contributed by atoms with E-state index >= 15 is 0 Å². The molecule has 166 valence electrons. The summed E-state index contributed by atoms with van der Waals surface area (Å²) in [5.41, 5.74) is 1.23. The fourth-order valence-corrected chi connectivity index (χ4v) is 5.02. The van der Waals surface area contributed by atoms with Crippen LogP contribution in [0.1, 0.15) is 35.5 Å². The van der Waals surface area contributed by atoms with Gasteiger partial charge in [-0.25, -0.2) is 0 Å². The highest BCUT2D eigenvalue weighted by Gasteiger charge is 2.27. The molecule has 0 spiro atoms. The monoisotopic (exact) mass is 551 g/mol. The summed E-state index contributed by atoms with van der Waals surface area (Å²) in [7, 11) is 1.76. The van der Waals surface area contributed by atoms with E-state index < -0.39 is 6.10 Å². The van der Waals surface area contributed by atoms with Crippen molar-refractivity contribution in [3.8, 4) is 0 Å². The van der Waals surface area contributed by atoms with Crippen molar-refractivity contribution in [2.24, 2.45) is 10.9 Å². The first-order valence-corrected chi connectivity index (χ1v) is 11.3. The average Bonchev–Trinajstić information content (AvgIpc) is 3.24. The Labute approximate surface area is 205 Å². The number of ether oxygens (including phenoxy) is 1. The summed E-state index contributed by atoms with van der Waals surface area (Å²) >= 11 is 1.63. The second-order valence-electron chi connectivity index (χ2n) is 7.64. The van der Waals surface area contributed by atoms with Gasteiger partial charge in [-0.2, -0.15) is 0 Å². The summed E-state index contributed by atoms with van der Waals surface area (Å²) in [5.74, 6) is 1.08. The zero-order chi connectivity index (χ0) is 20.8. The van der Waals surface area contributed by atoms with Crippen LogP contribution in [-0.2, 0) is 4.74 Å². The van der Waals surface area contributed by atoms with E-state index in [9.17, 15) is 5.11 Å². The molecule has 1 aliphatic rings. The van der Waals surface area contributed by atoms with Crippen LogP contribution >= 0.6 is 35.3 Å². The van der Waals surface area contributed by atoms with E-state index in [1.165, 1.54) is 15.6 Å². The Hall–Kier alpha value is -1.68. The first kappa shape index (κ1) is 24.0. The third-order valence-corrected chi connectivity index (χ3v) is 6.78. The van der Waals surface area contributed by atoms with Crippen LogP contribution in [0, 0.1) is 5.92 Å². The van der Waals surface area contributed by atoms with E-state index in [1.54, 1.807) is 18.4 Å². The van der Waals surface area contributed by atoms with Gasteiger partial charge in [-0.3, -0.25) is 4.99 Å². The van der Waals surface area contributed by atoms with Gasteiger partial charge in [-0.15, -0.1) is 35.3 Å². The number of hydrogen-bond donors (Lipinski definition) is 3. The fourth-order valence-electron chi connectivity index (χ4n) is 3.97. The predicted molar refractivity (Wildman–Crippen MR) is 139 cm³/mol. The fraction of sp³-hybridized carbons (Fsp3) is 0.375. The SMILES string of the molecule is CN=C(NCC(O)c1cc2ccccc2s1)NCC1CCCOC1c1ccccc1.I. The number of hydrogen-bond acceptors (Lipinski definition) is 4. The summed E-state index contributed by atoms with van der Waals surface area (Å²) < 4.78 is 7.28. The lowest BCUT2D eigenvalue weighted by atomic mass is 9.89. The van der Waals surface area contributed by atoms with Gasteiger partial charge in [0.25, 0.3) is 0 Å². The van der Waals surface area contributed by atoms with Crippen molar-refractivity contribution in [2.45, 2.75) is 25.0 Å². The highest BCUT2D eigenvalue weighted by atomic mass is 127. The van der Waals surface area contributed by atoms with E-state index in [0.717, 1.165) is 30.9 Å². The Morgan fingerprint density at radius 2 is 1.94 bits per heavy atom. The summed E-state index contributed by atoms with van der Waals surface area (Å²) in [5, 5.41) is 18.5. The van der Waals surface area contributed by atoms with Crippen LogP contribution in [0.4, 0.5) is 0 Å². The van der Waals surface area contributed by atoms with E-state index in [0.29, 0.717) is 18.4 Å². The predicted octanol–water partition coefficient (Wildman–Crippen LogP) is 4.89. The number of thiophene rings is 1. The lowest BCUT2D eigenvalue weighted by Crippen LogP contribution is -2.43. The second kappa shape index (κ2) is 11.8. The Kier molecular flexibility index (Phi) is 9.13. The van der Waals surface area contributed by atoms with Crippen molar-refractivity contribution in [3.63, 3.8) is 0 Å². The van der Waals surface area contributed by atoms with Crippen LogP contribution in [0.25, 0.3) is 10.1 Å². The van der Waals surface area contributed by atoms with Gasteiger partial charge in [0.2, 0.25) is 0 Å². The largest absolute Gasteiger partial charge is 0.386 e. The Morgan fingerprint density at radius 3 is 2.71 bits per heavy atom. The standard InChI is InChI=1S/C24H29N3O2S.HI/c1-25-24(27-16-20(28)22-14-18-10-5-6-12-21(18)30-22)26-15-19-11-7-13-29-23(19)17-8-3-2-4-9-17;/h2-6,8-10,12,14,19-20,23,28H,7,11,13,15-16H2,1H3,(H2,25,26,27);1H. The average molecular weight is 551 g/mol. The molecule has 0 amide bonds. The van der Waals surface area contributed by atoms with Gasteiger partial charge in [0.15, 0.2) is 5.96 Å². The maximum Gasteiger partial charge on any atom is 0.191 e. The lowest BCUT2D eigenvalue weighted by molar-refractivity contribution is -0.0265. The molecule has 3 N–H and O–H groups in total. The normalized spacial score (nSPS) is 20.1. The van der Waals surface area contributed by atoms with Crippen molar-refractivity contribution in [2.75, 3.05) is 26.7 Å². The van der Waals surface area contributed by atoms with Gasteiger partial charge >= 0.3 is 0 Å². The summed E-state index contributed by atoms with van der Waals surface area (Å²) in [6.07, 6.45) is 1.73. The van der Waals surface area contributed by atoms with E-state index in [4.69, 9.17) is 4.74 Å². The summed E-state index contributed by atoms with van der Waals surface area (Å²) in [4.78, 5) is 5.29. The molecule has 31 heavy (non-hydrogen) atoms. The molecule has 0 saturated carbocycles. The molecule has 1 fully saturated rings. The number of halogens is 1. The van der Waals surface area contributed by atoms with Crippen LogP contribution in [0.3, 0.4) is 0 Å². The van der Waals surface area contributed by atoms with Crippen molar-refractivity contribution in [1.29, 1.82) is 0 Å². The van der Waals surface area contributed by atoms with Gasteiger partial charge in [-0.1, -0.05) is 48.5 Å². The molecule has 1 saturated heterocycles. The number of nitrogens with zero attached hydrogens (tertiary/aromatic N) is 1. The molecule has 2 aromatic carbocycles. The highest BCUT2D eigenvalue weighted by Crippen LogP contribution is 2.33. The van der Waals surface area contributed by atoms with Crippen LogP contribution in [0.15, 0.2) is 65.7 Å². The van der Waals surface area contributed by atoms with Crippen molar-refractivity contribution >= 4 is 51.4 Å². The third-order valence-electron chi connectivity index (χ3n) is 5.56. The van der Waals surface area contributed by atoms with Crippen LogP contribution < -0.4 is 10.6 Å². The summed E-state index contributed by atoms with van der Waals surface area (Å²) in [6.45, 7) is 2.00. The molecule has 0 radical (unpaired) electrons. The van der Waals surface area contributed by atoms with Crippen molar-refractivity contribution in [1.82, 2.24) is 10.6 Å². The number of aliphatic hydroxyl groups excluding tert-OH is 1. The first-order valence-electron chi connectivity index (χ1n) is 10.5. The Balaban J connectivity index is 0.00000272. The second-order valence-corrected chi connectivity index (χ2v) is 8.76. The van der Waals surface area contributed by atoms with Crippen LogP contribution in [0.2, 0.25) is 0 Å². The Morgan fingerprint density at radius 1 is 1.16 bits per heavy atom. The Bertz CT molecular complexity index is 946. The van der Waals surface area contributed by atoms with Crippen molar-refractivity contribution < 1.29 is 9.84 Å². The molecule has 2 heterocycles. The molecule has 3 atom stereocenters. The third kappa shape index (κ3) is 6.19.